The zero-order valence-corrected chi connectivity index (χ0v) is 19.5. The largest absolute Gasteiger partial charge is 0.492 e. The van der Waals surface area contributed by atoms with E-state index in [0.29, 0.717) is 31.4 Å². The van der Waals surface area contributed by atoms with Crippen LogP contribution in [-0.4, -0.2) is 56.8 Å². The average molecular weight is 465 g/mol. The molecule has 1 heterocycles. The minimum atomic E-state index is -3.83. The van der Waals surface area contributed by atoms with Crippen molar-refractivity contribution >= 4 is 27.5 Å². The lowest BCUT2D eigenvalue weighted by atomic mass is 9.90. The number of likely N-dealkylation sites (N-methyl/N-ethyl adjacent to an activating group) is 1. The topological polar surface area (TPSA) is 66.9 Å². The molecule has 6 nitrogen and oxygen atoms in total. The number of hydrogen-bond acceptors (Lipinski definition) is 4. The van der Waals surface area contributed by atoms with Crippen LogP contribution in [0.25, 0.3) is 0 Å². The van der Waals surface area contributed by atoms with E-state index < -0.39 is 10.0 Å². The van der Waals surface area contributed by atoms with Gasteiger partial charge in [0.05, 0.1) is 23.1 Å². The highest BCUT2D eigenvalue weighted by Crippen LogP contribution is 2.28. The third-order valence-electron chi connectivity index (χ3n) is 5.60. The molecule has 0 saturated carbocycles. The molecule has 1 aliphatic heterocycles. The monoisotopic (exact) mass is 464 g/mol. The highest BCUT2D eigenvalue weighted by molar-refractivity contribution is 7.89. The summed E-state index contributed by atoms with van der Waals surface area (Å²) in [5, 5.41) is 0.225. The number of carbonyl (C=O) groups excluding carboxylic acids is 1. The number of nitrogens with zero attached hydrogens (tertiary/aromatic N) is 2. The second kappa shape index (κ2) is 10.5. The molecule has 0 radical (unpaired) electrons. The van der Waals surface area contributed by atoms with Crippen LogP contribution >= 0.6 is 11.6 Å². The minimum Gasteiger partial charge on any atom is -0.492 e. The summed E-state index contributed by atoms with van der Waals surface area (Å²) >= 11 is 6.13. The third kappa shape index (κ3) is 5.99. The second-order valence-corrected chi connectivity index (χ2v) is 10.3. The van der Waals surface area contributed by atoms with E-state index in [-0.39, 0.29) is 22.4 Å². The Labute approximate surface area is 189 Å². The lowest BCUT2D eigenvalue weighted by Crippen LogP contribution is -2.44. The Kier molecular flexibility index (Phi) is 7.97. The van der Waals surface area contributed by atoms with Gasteiger partial charge in [-0.3, -0.25) is 4.79 Å². The van der Waals surface area contributed by atoms with Crippen LogP contribution in [0.15, 0.2) is 53.4 Å². The van der Waals surface area contributed by atoms with Crippen LogP contribution in [0.4, 0.5) is 0 Å². The average Bonchev–Trinajstić information content (AvgIpc) is 2.76. The molecule has 0 unspecified atom stereocenters. The van der Waals surface area contributed by atoms with Gasteiger partial charge in [-0.2, -0.15) is 4.31 Å². The molecule has 0 aliphatic carbocycles. The number of piperidine rings is 1. The molecule has 2 aromatic rings. The maximum Gasteiger partial charge on any atom is 0.243 e. The SMILES string of the molecule is CCOc1ccc(S(=O)(=O)N(C)CC(=O)N2CCC(Cc3ccccc3)CC2)cc1Cl. The van der Waals surface area contributed by atoms with Gasteiger partial charge in [0.1, 0.15) is 5.75 Å². The van der Waals surface area contributed by atoms with Crippen molar-refractivity contribution in [1.82, 2.24) is 9.21 Å². The normalized spacial score (nSPS) is 15.3. The summed E-state index contributed by atoms with van der Waals surface area (Å²) in [6.07, 6.45) is 2.85. The first-order valence-corrected chi connectivity index (χ1v) is 12.3. The minimum absolute atomic E-state index is 0.0397. The van der Waals surface area contributed by atoms with E-state index in [0.717, 1.165) is 23.6 Å². The summed E-state index contributed by atoms with van der Waals surface area (Å²) in [4.78, 5) is 14.5. The Morgan fingerprint density at radius 3 is 2.45 bits per heavy atom. The number of hydrogen-bond donors (Lipinski definition) is 0. The molecular weight excluding hydrogens is 436 g/mol. The van der Waals surface area contributed by atoms with Gasteiger partial charge in [-0.25, -0.2) is 8.42 Å². The number of halogens is 1. The predicted octanol–water partition coefficient (Wildman–Crippen LogP) is 3.84. The number of rotatable bonds is 8. The molecule has 31 heavy (non-hydrogen) atoms. The van der Waals surface area contributed by atoms with Crippen LogP contribution in [0.2, 0.25) is 5.02 Å². The van der Waals surface area contributed by atoms with Crippen molar-refractivity contribution in [3.63, 3.8) is 0 Å². The quantitative estimate of drug-likeness (QED) is 0.595. The number of ether oxygens (including phenoxy) is 1. The molecule has 0 N–H and O–H groups in total. The van der Waals surface area contributed by atoms with Crippen LogP contribution < -0.4 is 4.74 Å². The summed E-state index contributed by atoms with van der Waals surface area (Å²) in [7, 11) is -2.42. The molecule has 0 bridgehead atoms. The van der Waals surface area contributed by atoms with Crippen molar-refractivity contribution in [2.75, 3.05) is 33.3 Å². The molecule has 0 spiro atoms. The van der Waals surface area contributed by atoms with Crippen molar-refractivity contribution < 1.29 is 17.9 Å². The molecule has 2 aromatic carbocycles. The molecule has 0 aromatic heterocycles. The highest BCUT2D eigenvalue weighted by Gasteiger charge is 2.28. The number of amides is 1. The fraction of sp³-hybridized carbons (Fsp3) is 0.435. The zero-order valence-electron chi connectivity index (χ0n) is 18.0. The van der Waals surface area contributed by atoms with Gasteiger partial charge in [-0.1, -0.05) is 41.9 Å². The van der Waals surface area contributed by atoms with Crippen LogP contribution in [-0.2, 0) is 21.2 Å². The molecule has 1 saturated heterocycles. The number of benzene rings is 2. The first kappa shape index (κ1) is 23.6. The lowest BCUT2D eigenvalue weighted by molar-refractivity contribution is -0.132. The Morgan fingerprint density at radius 2 is 1.84 bits per heavy atom. The number of carbonyl (C=O) groups is 1. The Bertz CT molecular complexity index is 990. The molecule has 168 valence electrons. The van der Waals surface area contributed by atoms with Crippen molar-refractivity contribution in [1.29, 1.82) is 0 Å². The van der Waals surface area contributed by atoms with E-state index in [1.165, 1.54) is 30.8 Å². The van der Waals surface area contributed by atoms with Crippen molar-refractivity contribution in [2.45, 2.75) is 31.1 Å². The Hall–Kier alpha value is -2.09. The fourth-order valence-corrected chi connectivity index (χ4v) is 5.25. The van der Waals surface area contributed by atoms with Crippen LogP contribution in [0, 0.1) is 5.92 Å². The van der Waals surface area contributed by atoms with Crippen LogP contribution in [0.1, 0.15) is 25.3 Å². The third-order valence-corrected chi connectivity index (χ3v) is 7.70. The molecule has 1 aliphatic rings. The van der Waals surface area contributed by atoms with Gasteiger partial charge in [-0.15, -0.1) is 0 Å². The lowest BCUT2D eigenvalue weighted by Gasteiger charge is -2.33. The smallest absolute Gasteiger partial charge is 0.243 e. The van der Waals surface area contributed by atoms with Gasteiger partial charge < -0.3 is 9.64 Å². The van der Waals surface area contributed by atoms with Crippen molar-refractivity contribution in [3.8, 4) is 5.75 Å². The van der Waals surface area contributed by atoms with E-state index in [1.54, 1.807) is 4.90 Å². The standard InChI is InChI=1S/C23H29ClN2O4S/c1-3-30-22-10-9-20(16-21(22)24)31(28,29)25(2)17-23(27)26-13-11-19(12-14-26)15-18-7-5-4-6-8-18/h4-10,16,19H,3,11-15,17H2,1-2H3. The van der Waals surface area contributed by atoms with E-state index in [9.17, 15) is 13.2 Å². The second-order valence-electron chi connectivity index (χ2n) is 7.80. The van der Waals surface area contributed by atoms with Crippen LogP contribution in [0.3, 0.4) is 0 Å². The van der Waals surface area contributed by atoms with Gasteiger partial charge in [-0.05, 0) is 55.9 Å². The Morgan fingerprint density at radius 1 is 1.16 bits per heavy atom. The van der Waals surface area contributed by atoms with Crippen molar-refractivity contribution in [3.05, 3.63) is 59.1 Å². The summed E-state index contributed by atoms with van der Waals surface area (Å²) < 4.78 is 32.2. The van der Waals surface area contributed by atoms with Gasteiger partial charge in [0.2, 0.25) is 15.9 Å². The maximum atomic E-state index is 12.9. The molecule has 8 heteroatoms. The van der Waals surface area contributed by atoms with E-state index in [1.807, 2.05) is 25.1 Å². The first-order valence-electron chi connectivity index (χ1n) is 10.5. The Balaban J connectivity index is 1.56. The number of sulfonamides is 1. The van der Waals surface area contributed by atoms with Gasteiger partial charge in [0, 0.05) is 20.1 Å². The molecule has 0 atom stereocenters. The molecule has 1 amide bonds. The van der Waals surface area contributed by atoms with E-state index >= 15 is 0 Å². The first-order chi connectivity index (χ1) is 14.8. The molecular formula is C23H29ClN2O4S. The van der Waals surface area contributed by atoms with Gasteiger partial charge in [0.25, 0.3) is 0 Å². The predicted molar refractivity (Wildman–Crippen MR) is 122 cm³/mol. The van der Waals surface area contributed by atoms with Crippen LogP contribution in [0.5, 0.6) is 5.75 Å². The molecule has 3 rings (SSSR count). The fourth-order valence-electron chi connectivity index (χ4n) is 3.80. The maximum absolute atomic E-state index is 12.9. The van der Waals surface area contributed by atoms with Gasteiger partial charge >= 0.3 is 0 Å². The molecule has 1 fully saturated rings. The summed E-state index contributed by atoms with van der Waals surface area (Å²) in [6.45, 7) is 3.36. The van der Waals surface area contributed by atoms with Gasteiger partial charge in [0.15, 0.2) is 0 Å². The summed E-state index contributed by atoms with van der Waals surface area (Å²) in [5.41, 5.74) is 1.31. The summed E-state index contributed by atoms with van der Waals surface area (Å²) in [5.74, 6) is 0.792. The van der Waals surface area contributed by atoms with E-state index in [2.05, 4.69) is 12.1 Å². The van der Waals surface area contributed by atoms with Crippen molar-refractivity contribution in [2.24, 2.45) is 5.92 Å². The summed E-state index contributed by atoms with van der Waals surface area (Å²) in [6, 6.07) is 14.7. The highest BCUT2D eigenvalue weighted by atomic mass is 35.5. The number of likely N-dealkylation sites (tertiary alicyclic amines) is 1. The zero-order chi connectivity index (χ0) is 22.4. The van der Waals surface area contributed by atoms with E-state index in [4.69, 9.17) is 16.3 Å².